The van der Waals surface area contributed by atoms with Crippen LogP contribution in [0.25, 0.3) is 0 Å². The summed E-state index contributed by atoms with van der Waals surface area (Å²) in [5.74, 6) is 2.26. The van der Waals surface area contributed by atoms with E-state index in [1.165, 1.54) is 0 Å². The van der Waals surface area contributed by atoms with Gasteiger partial charge in [0.25, 0.3) is 0 Å². The zero-order valence-corrected chi connectivity index (χ0v) is 17.5. The Morgan fingerprint density at radius 2 is 1.77 bits per heavy atom. The zero-order valence-electron chi connectivity index (χ0n) is 17.5. The molecule has 1 heterocycles. The summed E-state index contributed by atoms with van der Waals surface area (Å²) in [7, 11) is 3.46. The topological polar surface area (TPSA) is 67.8 Å². The van der Waals surface area contributed by atoms with E-state index in [1.807, 2.05) is 60.7 Å². The van der Waals surface area contributed by atoms with Crippen LogP contribution in [0.1, 0.15) is 16.7 Å². The summed E-state index contributed by atoms with van der Waals surface area (Å²) < 4.78 is 11.2. The highest BCUT2D eigenvalue weighted by Gasteiger charge is 2.04. The lowest BCUT2D eigenvalue weighted by Crippen LogP contribution is -2.37. The number of aliphatic imine (C=N–C) groups is 1. The number of guanidine groups is 1. The molecule has 0 saturated heterocycles. The molecule has 0 fully saturated rings. The molecule has 3 rings (SSSR count). The molecule has 0 amide bonds. The molecule has 3 aromatic rings. The first-order valence-electron chi connectivity index (χ1n) is 9.96. The largest absolute Gasteiger partial charge is 0.496 e. The summed E-state index contributed by atoms with van der Waals surface area (Å²) in [6.45, 7) is 1.87. The van der Waals surface area contributed by atoms with Gasteiger partial charge in [0.15, 0.2) is 5.96 Å². The minimum atomic E-state index is 0.497. The lowest BCUT2D eigenvalue weighted by Gasteiger charge is -2.13. The number of rotatable bonds is 9. The first-order valence-corrected chi connectivity index (χ1v) is 9.96. The van der Waals surface area contributed by atoms with Crippen LogP contribution < -0.4 is 20.1 Å². The van der Waals surface area contributed by atoms with E-state index in [1.54, 1.807) is 20.4 Å². The standard InChI is InChI=1S/C24H28N4O2/c1-25-24(27-15-13-21-10-6-7-11-22(21)29-2)28-17-20-12-14-26-23(16-20)30-18-19-8-4-3-5-9-19/h3-12,14,16H,13,15,17-18H2,1-2H3,(H2,25,27,28). The smallest absolute Gasteiger partial charge is 0.213 e. The summed E-state index contributed by atoms with van der Waals surface area (Å²) in [5, 5.41) is 6.66. The average molecular weight is 405 g/mol. The minimum Gasteiger partial charge on any atom is -0.496 e. The first kappa shape index (κ1) is 21.2. The highest BCUT2D eigenvalue weighted by molar-refractivity contribution is 5.79. The van der Waals surface area contributed by atoms with E-state index in [0.717, 1.165) is 41.4 Å². The number of para-hydroxylation sites is 1. The molecule has 2 N–H and O–H groups in total. The Morgan fingerprint density at radius 1 is 0.967 bits per heavy atom. The van der Waals surface area contributed by atoms with Gasteiger partial charge in [0.2, 0.25) is 5.88 Å². The molecule has 0 bridgehead atoms. The van der Waals surface area contributed by atoms with Gasteiger partial charge in [0, 0.05) is 32.4 Å². The molecular formula is C24H28N4O2. The molecule has 30 heavy (non-hydrogen) atoms. The zero-order chi connectivity index (χ0) is 21.0. The maximum Gasteiger partial charge on any atom is 0.213 e. The molecule has 0 aliphatic rings. The van der Waals surface area contributed by atoms with Crippen molar-refractivity contribution in [3.05, 3.63) is 89.6 Å². The molecular weight excluding hydrogens is 376 g/mol. The monoisotopic (exact) mass is 404 g/mol. The molecule has 0 atom stereocenters. The normalized spacial score (nSPS) is 11.1. The maximum atomic E-state index is 5.80. The molecule has 0 radical (unpaired) electrons. The van der Waals surface area contributed by atoms with Gasteiger partial charge in [0.1, 0.15) is 12.4 Å². The fourth-order valence-corrected chi connectivity index (χ4v) is 3.00. The number of aromatic nitrogens is 1. The van der Waals surface area contributed by atoms with Gasteiger partial charge >= 0.3 is 0 Å². The van der Waals surface area contributed by atoms with Crippen molar-refractivity contribution in [1.82, 2.24) is 15.6 Å². The fourth-order valence-electron chi connectivity index (χ4n) is 3.00. The van der Waals surface area contributed by atoms with Crippen LogP contribution in [0.15, 0.2) is 77.9 Å². The lowest BCUT2D eigenvalue weighted by atomic mass is 10.1. The number of hydrogen-bond donors (Lipinski definition) is 2. The highest BCUT2D eigenvalue weighted by atomic mass is 16.5. The van der Waals surface area contributed by atoms with E-state index in [2.05, 4.69) is 26.7 Å². The number of ether oxygens (including phenoxy) is 2. The summed E-state index contributed by atoms with van der Waals surface area (Å²) >= 11 is 0. The van der Waals surface area contributed by atoms with Gasteiger partial charge in [-0.15, -0.1) is 0 Å². The molecule has 156 valence electrons. The molecule has 0 unspecified atom stereocenters. The van der Waals surface area contributed by atoms with Crippen LogP contribution in [0.3, 0.4) is 0 Å². The van der Waals surface area contributed by atoms with Crippen molar-refractivity contribution in [3.8, 4) is 11.6 Å². The highest BCUT2D eigenvalue weighted by Crippen LogP contribution is 2.17. The van der Waals surface area contributed by atoms with E-state index in [4.69, 9.17) is 9.47 Å². The summed E-state index contributed by atoms with van der Waals surface area (Å²) in [6, 6.07) is 22.0. The Kier molecular flexibility index (Phi) is 8.09. The number of benzene rings is 2. The maximum absolute atomic E-state index is 5.80. The number of nitrogens with one attached hydrogen (secondary N) is 2. The van der Waals surface area contributed by atoms with Crippen LogP contribution in [-0.4, -0.2) is 31.6 Å². The van der Waals surface area contributed by atoms with Gasteiger partial charge in [-0.05, 0) is 35.2 Å². The Morgan fingerprint density at radius 3 is 2.57 bits per heavy atom. The molecule has 0 spiro atoms. The quantitative estimate of drug-likeness (QED) is 0.422. The number of pyridine rings is 1. The third-order valence-electron chi connectivity index (χ3n) is 4.59. The van der Waals surface area contributed by atoms with Gasteiger partial charge in [-0.1, -0.05) is 48.5 Å². The van der Waals surface area contributed by atoms with Crippen molar-refractivity contribution in [2.75, 3.05) is 20.7 Å². The minimum absolute atomic E-state index is 0.497. The molecule has 0 saturated carbocycles. The molecule has 1 aromatic heterocycles. The summed E-state index contributed by atoms with van der Waals surface area (Å²) in [6.07, 6.45) is 2.60. The lowest BCUT2D eigenvalue weighted by molar-refractivity contribution is 0.293. The molecule has 0 aliphatic heterocycles. The van der Waals surface area contributed by atoms with Gasteiger partial charge in [-0.25, -0.2) is 4.98 Å². The predicted octanol–water partition coefficient (Wildman–Crippen LogP) is 3.58. The van der Waals surface area contributed by atoms with E-state index < -0.39 is 0 Å². The van der Waals surface area contributed by atoms with Crippen LogP contribution in [-0.2, 0) is 19.6 Å². The second-order valence-electron chi connectivity index (χ2n) is 6.69. The van der Waals surface area contributed by atoms with Gasteiger partial charge in [-0.3, -0.25) is 4.99 Å². The van der Waals surface area contributed by atoms with Crippen LogP contribution in [0.2, 0.25) is 0 Å². The first-order chi connectivity index (χ1) is 14.8. The number of nitrogens with zero attached hydrogens (tertiary/aromatic N) is 2. The van der Waals surface area contributed by atoms with Crippen LogP contribution in [0.5, 0.6) is 11.6 Å². The van der Waals surface area contributed by atoms with Crippen molar-refractivity contribution in [2.24, 2.45) is 4.99 Å². The summed E-state index contributed by atoms with van der Waals surface area (Å²) in [4.78, 5) is 8.59. The van der Waals surface area contributed by atoms with Crippen LogP contribution >= 0.6 is 0 Å². The summed E-state index contributed by atoms with van der Waals surface area (Å²) in [5.41, 5.74) is 3.35. The Bertz CT molecular complexity index is 945. The van der Waals surface area contributed by atoms with Gasteiger partial charge in [-0.2, -0.15) is 0 Å². The van der Waals surface area contributed by atoms with Crippen molar-refractivity contribution in [1.29, 1.82) is 0 Å². The fraction of sp³-hybridized carbons (Fsp3) is 0.250. The Balaban J connectivity index is 1.46. The van der Waals surface area contributed by atoms with Crippen LogP contribution in [0, 0.1) is 0 Å². The Hall–Kier alpha value is -3.54. The average Bonchev–Trinajstić information content (AvgIpc) is 2.81. The molecule has 0 aliphatic carbocycles. The molecule has 6 nitrogen and oxygen atoms in total. The second kappa shape index (κ2) is 11.5. The van der Waals surface area contributed by atoms with Crippen molar-refractivity contribution in [3.63, 3.8) is 0 Å². The third-order valence-corrected chi connectivity index (χ3v) is 4.59. The Labute approximate surface area is 178 Å². The molecule has 6 heteroatoms. The van der Waals surface area contributed by atoms with E-state index in [9.17, 15) is 0 Å². The SMILES string of the molecule is CN=C(NCCc1ccccc1OC)NCc1ccnc(OCc2ccccc2)c1. The number of methoxy groups -OCH3 is 1. The van der Waals surface area contributed by atoms with Gasteiger partial charge in [0.05, 0.1) is 7.11 Å². The van der Waals surface area contributed by atoms with Crippen molar-refractivity contribution < 1.29 is 9.47 Å². The number of hydrogen-bond acceptors (Lipinski definition) is 4. The van der Waals surface area contributed by atoms with E-state index in [-0.39, 0.29) is 0 Å². The van der Waals surface area contributed by atoms with Crippen LogP contribution in [0.4, 0.5) is 0 Å². The van der Waals surface area contributed by atoms with Gasteiger partial charge < -0.3 is 20.1 Å². The molecule has 2 aromatic carbocycles. The van der Waals surface area contributed by atoms with E-state index in [0.29, 0.717) is 19.0 Å². The van der Waals surface area contributed by atoms with Crippen molar-refractivity contribution in [2.45, 2.75) is 19.6 Å². The van der Waals surface area contributed by atoms with Crippen molar-refractivity contribution >= 4 is 5.96 Å². The third kappa shape index (κ3) is 6.51. The predicted molar refractivity (Wildman–Crippen MR) is 120 cm³/mol. The van der Waals surface area contributed by atoms with E-state index >= 15 is 0 Å². The second-order valence-corrected chi connectivity index (χ2v) is 6.69.